The number of benzene rings is 1. The average Bonchev–Trinajstić information content (AvgIpc) is 2.28. The molecule has 2 heteroatoms. The topological polar surface area (TPSA) is 35.2 Å². The number of nitrogens with two attached hydrogens (primary N) is 1. The van der Waals surface area contributed by atoms with Crippen LogP contribution >= 0.6 is 0 Å². The molecule has 0 fully saturated rings. The monoisotopic (exact) mass is 217 g/mol. The van der Waals surface area contributed by atoms with Crippen LogP contribution in [0, 0.1) is 18.8 Å². The first-order valence-electron chi connectivity index (χ1n) is 5.60. The highest BCUT2D eigenvalue weighted by atomic mass is 16.5. The van der Waals surface area contributed by atoms with Crippen molar-refractivity contribution in [3.8, 4) is 17.6 Å². The standard InChI is InChI=1S/C14H19NO/c1-3-4-5-11-16-14-12(2)7-6-8-13(14)9-10-15/h6-8H,5,9-11,15H2,1-2H3. The lowest BCUT2D eigenvalue weighted by atomic mass is 10.1. The van der Waals surface area contributed by atoms with Crippen LogP contribution in [0.25, 0.3) is 0 Å². The van der Waals surface area contributed by atoms with Crippen molar-refractivity contribution in [2.45, 2.75) is 26.7 Å². The number of aryl methyl sites for hydroxylation is 1. The van der Waals surface area contributed by atoms with E-state index < -0.39 is 0 Å². The van der Waals surface area contributed by atoms with Gasteiger partial charge in [-0.3, -0.25) is 0 Å². The smallest absolute Gasteiger partial charge is 0.125 e. The molecular formula is C14H19NO. The molecule has 1 aromatic carbocycles. The van der Waals surface area contributed by atoms with E-state index in [4.69, 9.17) is 10.5 Å². The van der Waals surface area contributed by atoms with Crippen molar-refractivity contribution in [2.75, 3.05) is 13.2 Å². The van der Waals surface area contributed by atoms with Gasteiger partial charge in [-0.05, 0) is 37.9 Å². The summed E-state index contributed by atoms with van der Waals surface area (Å²) in [4.78, 5) is 0. The van der Waals surface area contributed by atoms with E-state index in [0.29, 0.717) is 13.2 Å². The molecule has 0 aliphatic carbocycles. The molecule has 0 radical (unpaired) electrons. The third kappa shape index (κ3) is 3.60. The average molecular weight is 217 g/mol. The van der Waals surface area contributed by atoms with Crippen molar-refractivity contribution < 1.29 is 4.74 Å². The predicted octanol–water partition coefficient (Wildman–Crippen LogP) is 2.29. The highest BCUT2D eigenvalue weighted by molar-refractivity contribution is 5.41. The first-order valence-corrected chi connectivity index (χ1v) is 5.60. The van der Waals surface area contributed by atoms with Crippen LogP contribution in [0.15, 0.2) is 18.2 Å². The van der Waals surface area contributed by atoms with Gasteiger partial charge in [0, 0.05) is 6.42 Å². The second-order valence-electron chi connectivity index (χ2n) is 3.63. The van der Waals surface area contributed by atoms with Gasteiger partial charge in [-0.2, -0.15) is 0 Å². The van der Waals surface area contributed by atoms with Crippen LogP contribution in [0.1, 0.15) is 24.5 Å². The molecule has 0 aliphatic rings. The number of rotatable bonds is 5. The highest BCUT2D eigenvalue weighted by Gasteiger charge is 2.05. The zero-order valence-electron chi connectivity index (χ0n) is 10.0. The van der Waals surface area contributed by atoms with E-state index in [0.717, 1.165) is 24.2 Å². The summed E-state index contributed by atoms with van der Waals surface area (Å²) in [5.41, 5.74) is 7.93. The summed E-state index contributed by atoms with van der Waals surface area (Å²) in [6.45, 7) is 5.19. The number of ether oxygens (including phenoxy) is 1. The molecule has 1 aromatic rings. The molecule has 0 aromatic heterocycles. The predicted molar refractivity (Wildman–Crippen MR) is 67.5 cm³/mol. The van der Waals surface area contributed by atoms with Gasteiger partial charge in [-0.25, -0.2) is 0 Å². The van der Waals surface area contributed by atoms with Crippen LogP contribution in [0.3, 0.4) is 0 Å². The van der Waals surface area contributed by atoms with Gasteiger partial charge in [0.1, 0.15) is 5.75 Å². The summed E-state index contributed by atoms with van der Waals surface area (Å²) in [7, 11) is 0. The first kappa shape index (κ1) is 12.6. The zero-order chi connectivity index (χ0) is 11.8. The Bertz CT molecular complexity index is 387. The second kappa shape index (κ2) is 6.92. The van der Waals surface area contributed by atoms with Crippen LogP contribution in [0.5, 0.6) is 5.75 Å². The van der Waals surface area contributed by atoms with Gasteiger partial charge in [0.05, 0.1) is 6.61 Å². The van der Waals surface area contributed by atoms with Crippen molar-refractivity contribution in [1.29, 1.82) is 0 Å². The van der Waals surface area contributed by atoms with Crippen LogP contribution < -0.4 is 10.5 Å². The van der Waals surface area contributed by atoms with Crippen molar-refractivity contribution in [2.24, 2.45) is 5.73 Å². The molecule has 0 saturated carbocycles. The molecule has 0 heterocycles. The minimum atomic E-state index is 0.642. The molecule has 86 valence electrons. The fraction of sp³-hybridized carbons (Fsp3) is 0.429. The minimum Gasteiger partial charge on any atom is -0.492 e. The Morgan fingerprint density at radius 3 is 2.88 bits per heavy atom. The lowest BCUT2D eigenvalue weighted by Gasteiger charge is -2.12. The van der Waals surface area contributed by atoms with E-state index in [2.05, 4.69) is 30.9 Å². The maximum absolute atomic E-state index is 5.76. The maximum Gasteiger partial charge on any atom is 0.125 e. The number of para-hydroxylation sites is 1. The molecular weight excluding hydrogens is 198 g/mol. The quantitative estimate of drug-likeness (QED) is 0.606. The van der Waals surface area contributed by atoms with Gasteiger partial charge in [0.2, 0.25) is 0 Å². The van der Waals surface area contributed by atoms with Crippen LogP contribution in [-0.2, 0) is 6.42 Å². The van der Waals surface area contributed by atoms with Crippen molar-refractivity contribution >= 4 is 0 Å². The van der Waals surface area contributed by atoms with Crippen LogP contribution in [-0.4, -0.2) is 13.2 Å². The molecule has 0 aliphatic heterocycles. The second-order valence-corrected chi connectivity index (χ2v) is 3.63. The van der Waals surface area contributed by atoms with Crippen molar-refractivity contribution in [3.63, 3.8) is 0 Å². The molecule has 1 rings (SSSR count). The van der Waals surface area contributed by atoms with E-state index in [1.807, 2.05) is 13.0 Å². The summed E-state index contributed by atoms with van der Waals surface area (Å²) >= 11 is 0. The molecule has 2 nitrogen and oxygen atoms in total. The Morgan fingerprint density at radius 2 is 2.19 bits per heavy atom. The molecule has 0 bridgehead atoms. The summed E-state index contributed by atoms with van der Waals surface area (Å²) in [6, 6.07) is 6.17. The van der Waals surface area contributed by atoms with Gasteiger partial charge in [-0.1, -0.05) is 18.2 Å². The third-order valence-electron chi connectivity index (χ3n) is 2.36. The van der Waals surface area contributed by atoms with Gasteiger partial charge in [0.15, 0.2) is 0 Å². The maximum atomic E-state index is 5.76. The van der Waals surface area contributed by atoms with E-state index in [9.17, 15) is 0 Å². The van der Waals surface area contributed by atoms with Gasteiger partial charge < -0.3 is 10.5 Å². The van der Waals surface area contributed by atoms with E-state index in [-0.39, 0.29) is 0 Å². The summed E-state index contributed by atoms with van der Waals surface area (Å²) in [6.07, 6.45) is 1.63. The van der Waals surface area contributed by atoms with Crippen molar-refractivity contribution in [3.05, 3.63) is 29.3 Å². The molecule has 0 spiro atoms. The number of hydrogen-bond acceptors (Lipinski definition) is 2. The Kier molecular flexibility index (Phi) is 5.45. The molecule has 0 amide bonds. The Morgan fingerprint density at radius 1 is 1.38 bits per heavy atom. The SMILES string of the molecule is CC#CCCOc1c(C)cccc1CCN. The Balaban J connectivity index is 2.70. The van der Waals surface area contributed by atoms with Crippen molar-refractivity contribution in [1.82, 2.24) is 0 Å². The normalized spacial score (nSPS) is 9.44. The molecule has 16 heavy (non-hydrogen) atoms. The Hall–Kier alpha value is -1.46. The lowest BCUT2D eigenvalue weighted by Crippen LogP contribution is -2.07. The van der Waals surface area contributed by atoms with E-state index in [1.54, 1.807) is 0 Å². The molecule has 2 N–H and O–H groups in total. The summed E-state index contributed by atoms with van der Waals surface area (Å²) in [5.74, 6) is 6.83. The molecule has 0 saturated heterocycles. The fourth-order valence-electron chi connectivity index (χ4n) is 1.60. The van der Waals surface area contributed by atoms with Crippen LogP contribution in [0.4, 0.5) is 0 Å². The lowest BCUT2D eigenvalue weighted by molar-refractivity contribution is 0.321. The van der Waals surface area contributed by atoms with Crippen LogP contribution in [0.2, 0.25) is 0 Å². The zero-order valence-corrected chi connectivity index (χ0v) is 10.0. The van der Waals surface area contributed by atoms with E-state index >= 15 is 0 Å². The summed E-state index contributed by atoms with van der Waals surface area (Å²) in [5, 5.41) is 0. The molecule has 0 unspecified atom stereocenters. The first-order chi connectivity index (χ1) is 7.79. The summed E-state index contributed by atoms with van der Waals surface area (Å²) < 4.78 is 5.76. The van der Waals surface area contributed by atoms with Gasteiger partial charge in [-0.15, -0.1) is 11.8 Å². The largest absolute Gasteiger partial charge is 0.492 e. The fourth-order valence-corrected chi connectivity index (χ4v) is 1.60. The molecule has 0 atom stereocenters. The minimum absolute atomic E-state index is 0.642. The highest BCUT2D eigenvalue weighted by Crippen LogP contribution is 2.23. The Labute approximate surface area is 97.8 Å². The number of hydrogen-bond donors (Lipinski definition) is 1. The third-order valence-corrected chi connectivity index (χ3v) is 2.36. The van der Waals surface area contributed by atoms with Gasteiger partial charge >= 0.3 is 0 Å². The van der Waals surface area contributed by atoms with E-state index in [1.165, 1.54) is 5.56 Å². The van der Waals surface area contributed by atoms with Gasteiger partial charge in [0.25, 0.3) is 0 Å².